The average molecular weight is 287 g/mol. The molecule has 2 N–H and O–H groups in total. The van der Waals surface area contributed by atoms with Crippen molar-refractivity contribution >= 4 is 16.8 Å². The van der Waals surface area contributed by atoms with E-state index in [4.69, 9.17) is 10.5 Å². The van der Waals surface area contributed by atoms with Crippen LogP contribution >= 0.6 is 0 Å². The van der Waals surface area contributed by atoms with Crippen molar-refractivity contribution in [3.8, 4) is 5.75 Å². The fraction of sp³-hybridized carbons (Fsp3) is 0.438. The smallest absolute Gasteiger partial charge is 0.237 e. The first-order valence-corrected chi connectivity index (χ1v) is 7.35. The molecular weight excluding hydrogens is 266 g/mol. The van der Waals surface area contributed by atoms with E-state index in [1.165, 1.54) is 0 Å². The van der Waals surface area contributed by atoms with Gasteiger partial charge in [-0.25, -0.2) is 0 Å². The molecule has 2 aromatic rings. The van der Waals surface area contributed by atoms with Gasteiger partial charge in [-0.1, -0.05) is 6.07 Å². The molecule has 1 aromatic carbocycles. The molecule has 5 heteroatoms. The van der Waals surface area contributed by atoms with Crippen LogP contribution in [0.4, 0.5) is 0 Å². The maximum absolute atomic E-state index is 11.1. The van der Waals surface area contributed by atoms with E-state index in [1.54, 1.807) is 0 Å². The number of benzene rings is 1. The lowest BCUT2D eigenvalue weighted by molar-refractivity contribution is -0.118. The molecule has 0 unspecified atom stereocenters. The topological polar surface area (TPSA) is 60.5 Å². The van der Waals surface area contributed by atoms with Gasteiger partial charge in [0.1, 0.15) is 18.4 Å². The highest BCUT2D eigenvalue weighted by Crippen LogP contribution is 2.29. The molecule has 0 spiro atoms. The van der Waals surface area contributed by atoms with Crippen LogP contribution < -0.4 is 10.5 Å². The molecule has 0 bridgehead atoms. The zero-order valence-corrected chi connectivity index (χ0v) is 12.3. The van der Waals surface area contributed by atoms with Gasteiger partial charge in [0.25, 0.3) is 0 Å². The summed E-state index contributed by atoms with van der Waals surface area (Å²) in [4.78, 5) is 13.4. The molecule has 0 aliphatic carbocycles. The third kappa shape index (κ3) is 3.03. The maximum Gasteiger partial charge on any atom is 0.237 e. The third-order valence-corrected chi connectivity index (χ3v) is 4.06. The summed E-state index contributed by atoms with van der Waals surface area (Å²) in [5, 5.41) is 1.04. The van der Waals surface area contributed by atoms with Gasteiger partial charge in [-0.3, -0.25) is 4.79 Å². The number of nitrogens with zero attached hydrogens (tertiary/aromatic N) is 2. The summed E-state index contributed by atoms with van der Waals surface area (Å²) in [6.45, 7) is 2.34. The van der Waals surface area contributed by atoms with Gasteiger partial charge < -0.3 is 19.9 Å². The minimum absolute atomic E-state index is 0.196. The largest absolute Gasteiger partial charge is 0.490 e. The van der Waals surface area contributed by atoms with Crippen LogP contribution in [-0.4, -0.2) is 41.6 Å². The van der Waals surface area contributed by atoms with Crippen molar-refractivity contribution in [2.45, 2.75) is 25.5 Å². The number of likely N-dealkylation sites (tertiary alicyclic amines) is 1. The second kappa shape index (κ2) is 5.77. The highest BCUT2D eigenvalue weighted by Gasteiger charge is 2.19. The van der Waals surface area contributed by atoms with Gasteiger partial charge in [-0.2, -0.15) is 0 Å². The number of piperidine rings is 1. The molecule has 1 aliphatic rings. The predicted molar refractivity (Wildman–Crippen MR) is 82.3 cm³/mol. The molecular formula is C16H21N3O2. The molecule has 1 saturated heterocycles. The standard InChI is InChI=1S/C16H21N3O2/c1-18-8-5-12(6-9-18)21-15-4-2-3-14-13(15)7-10-19(14)11-16(17)20/h2-4,7,10,12H,5-6,8-9,11H2,1H3,(H2,17,20). The van der Waals surface area contributed by atoms with Crippen molar-refractivity contribution in [3.63, 3.8) is 0 Å². The summed E-state index contributed by atoms with van der Waals surface area (Å²) >= 11 is 0. The van der Waals surface area contributed by atoms with Crippen LogP contribution in [0.3, 0.4) is 0 Å². The molecule has 5 nitrogen and oxygen atoms in total. The molecule has 1 aliphatic heterocycles. The molecule has 0 radical (unpaired) electrons. The lowest BCUT2D eigenvalue weighted by Crippen LogP contribution is -2.35. The first-order chi connectivity index (χ1) is 10.1. The van der Waals surface area contributed by atoms with Gasteiger partial charge in [0.15, 0.2) is 0 Å². The molecule has 3 rings (SSSR count). The molecule has 2 heterocycles. The molecule has 1 amide bonds. The summed E-state index contributed by atoms with van der Waals surface area (Å²) in [5.74, 6) is 0.555. The second-order valence-electron chi connectivity index (χ2n) is 5.72. The van der Waals surface area contributed by atoms with Crippen molar-refractivity contribution in [3.05, 3.63) is 30.5 Å². The Morgan fingerprint density at radius 2 is 2.10 bits per heavy atom. The van der Waals surface area contributed by atoms with Crippen LogP contribution in [0.15, 0.2) is 30.5 Å². The van der Waals surface area contributed by atoms with Crippen LogP contribution in [0, 0.1) is 0 Å². The Morgan fingerprint density at radius 1 is 1.33 bits per heavy atom. The van der Waals surface area contributed by atoms with Crippen LogP contribution in [0.25, 0.3) is 10.9 Å². The van der Waals surface area contributed by atoms with Crippen LogP contribution in [0.1, 0.15) is 12.8 Å². The van der Waals surface area contributed by atoms with Crippen LogP contribution in [0.2, 0.25) is 0 Å². The zero-order valence-electron chi connectivity index (χ0n) is 12.3. The van der Waals surface area contributed by atoms with Crippen LogP contribution in [0.5, 0.6) is 5.75 Å². The Bertz CT molecular complexity index is 642. The minimum atomic E-state index is -0.339. The lowest BCUT2D eigenvalue weighted by Gasteiger charge is -2.29. The summed E-state index contributed by atoms with van der Waals surface area (Å²) in [5.41, 5.74) is 6.26. The number of carbonyl (C=O) groups excluding carboxylic acids is 1. The van der Waals surface area contributed by atoms with Crippen molar-refractivity contribution in [2.24, 2.45) is 5.73 Å². The van der Waals surface area contributed by atoms with Crippen molar-refractivity contribution < 1.29 is 9.53 Å². The first-order valence-electron chi connectivity index (χ1n) is 7.35. The number of rotatable bonds is 4. The molecule has 112 valence electrons. The Kier molecular flexibility index (Phi) is 3.84. The van der Waals surface area contributed by atoms with E-state index in [-0.39, 0.29) is 18.6 Å². The van der Waals surface area contributed by atoms with E-state index < -0.39 is 0 Å². The van der Waals surface area contributed by atoms with E-state index >= 15 is 0 Å². The highest BCUT2D eigenvalue weighted by atomic mass is 16.5. The Balaban J connectivity index is 1.82. The number of hydrogen-bond donors (Lipinski definition) is 1. The molecule has 21 heavy (non-hydrogen) atoms. The van der Waals surface area contributed by atoms with E-state index in [2.05, 4.69) is 11.9 Å². The Morgan fingerprint density at radius 3 is 2.81 bits per heavy atom. The van der Waals surface area contributed by atoms with E-state index in [0.717, 1.165) is 42.6 Å². The number of nitrogens with two attached hydrogens (primary N) is 1. The summed E-state index contributed by atoms with van der Waals surface area (Å²) in [6, 6.07) is 7.93. The summed E-state index contributed by atoms with van der Waals surface area (Å²) in [7, 11) is 2.14. The SMILES string of the molecule is CN1CCC(Oc2cccc3c2ccn3CC(N)=O)CC1. The van der Waals surface area contributed by atoms with Gasteiger partial charge in [0, 0.05) is 24.7 Å². The van der Waals surface area contributed by atoms with Crippen molar-refractivity contribution in [1.82, 2.24) is 9.47 Å². The predicted octanol–water partition coefficient (Wildman–Crippen LogP) is 1.60. The van der Waals surface area contributed by atoms with E-state index in [0.29, 0.717) is 0 Å². The lowest BCUT2D eigenvalue weighted by atomic mass is 10.1. The van der Waals surface area contributed by atoms with Gasteiger partial charge in [-0.05, 0) is 38.1 Å². The monoisotopic (exact) mass is 287 g/mol. The van der Waals surface area contributed by atoms with Gasteiger partial charge >= 0.3 is 0 Å². The quantitative estimate of drug-likeness (QED) is 0.929. The zero-order chi connectivity index (χ0) is 14.8. The molecule has 1 fully saturated rings. The number of fused-ring (bicyclic) bond motifs is 1. The number of carbonyl (C=O) groups is 1. The molecule has 1 aromatic heterocycles. The third-order valence-electron chi connectivity index (χ3n) is 4.06. The molecule has 0 atom stereocenters. The Labute approximate surface area is 124 Å². The number of hydrogen-bond acceptors (Lipinski definition) is 3. The van der Waals surface area contributed by atoms with Crippen molar-refractivity contribution in [1.29, 1.82) is 0 Å². The average Bonchev–Trinajstić information content (AvgIpc) is 2.85. The number of primary amides is 1. The van der Waals surface area contributed by atoms with Crippen molar-refractivity contribution in [2.75, 3.05) is 20.1 Å². The fourth-order valence-electron chi connectivity index (χ4n) is 2.89. The van der Waals surface area contributed by atoms with Gasteiger partial charge in [-0.15, -0.1) is 0 Å². The van der Waals surface area contributed by atoms with E-state index in [1.807, 2.05) is 35.0 Å². The normalized spacial score (nSPS) is 17.2. The van der Waals surface area contributed by atoms with Gasteiger partial charge in [0.2, 0.25) is 5.91 Å². The molecule has 0 saturated carbocycles. The number of amides is 1. The Hall–Kier alpha value is -2.01. The second-order valence-corrected chi connectivity index (χ2v) is 5.72. The van der Waals surface area contributed by atoms with Crippen LogP contribution in [-0.2, 0) is 11.3 Å². The first kappa shape index (κ1) is 13.9. The summed E-state index contributed by atoms with van der Waals surface area (Å²) in [6.07, 6.45) is 4.26. The van der Waals surface area contributed by atoms with Gasteiger partial charge in [0.05, 0.1) is 5.52 Å². The van der Waals surface area contributed by atoms with E-state index in [9.17, 15) is 4.79 Å². The fourth-order valence-corrected chi connectivity index (χ4v) is 2.89. The highest BCUT2D eigenvalue weighted by molar-refractivity contribution is 5.87. The minimum Gasteiger partial charge on any atom is -0.490 e. The maximum atomic E-state index is 11.1. The number of aromatic nitrogens is 1. The summed E-state index contributed by atoms with van der Waals surface area (Å²) < 4.78 is 8.04. The number of ether oxygens (including phenoxy) is 1.